The third-order valence-corrected chi connectivity index (χ3v) is 2.57. The molecule has 0 aromatic carbocycles. The lowest BCUT2D eigenvalue weighted by atomic mass is 10.2. The van der Waals surface area contributed by atoms with Gasteiger partial charge in [-0.25, -0.2) is 9.97 Å². The number of aryl methyl sites for hydroxylation is 1. The zero-order valence-electron chi connectivity index (χ0n) is 9.09. The molecule has 82 valence electrons. The lowest BCUT2D eigenvalue weighted by Gasteiger charge is -2.03. The van der Waals surface area contributed by atoms with E-state index in [-0.39, 0.29) is 0 Å². The van der Waals surface area contributed by atoms with E-state index in [0.717, 1.165) is 11.3 Å². The van der Waals surface area contributed by atoms with E-state index in [1.54, 1.807) is 10.9 Å². The van der Waals surface area contributed by atoms with E-state index in [1.165, 1.54) is 12.8 Å². The Labute approximate surface area is 93.5 Å². The molecular weight excluding hydrogens is 202 g/mol. The molecule has 0 saturated heterocycles. The first-order valence-electron chi connectivity index (χ1n) is 5.40. The first kappa shape index (κ1) is 9.33. The quantitative estimate of drug-likeness (QED) is 0.842. The molecule has 1 aliphatic rings. The summed E-state index contributed by atoms with van der Waals surface area (Å²) in [4.78, 5) is 8.66. The average Bonchev–Trinajstić information content (AvgIpc) is 2.98. The monoisotopic (exact) mass is 215 g/mol. The number of aromatic nitrogens is 4. The molecule has 0 amide bonds. The van der Waals surface area contributed by atoms with Crippen molar-refractivity contribution < 1.29 is 0 Å². The fraction of sp³-hybridized carbons (Fsp3) is 0.364. The van der Waals surface area contributed by atoms with Crippen LogP contribution in [0.25, 0.3) is 11.3 Å². The van der Waals surface area contributed by atoms with Gasteiger partial charge >= 0.3 is 0 Å². The van der Waals surface area contributed by atoms with Crippen molar-refractivity contribution in [3.8, 4) is 11.3 Å². The highest BCUT2D eigenvalue weighted by Gasteiger charge is 2.21. The Balaban J connectivity index is 1.88. The number of anilines is 1. The summed E-state index contributed by atoms with van der Waals surface area (Å²) in [5, 5.41) is 7.42. The van der Waals surface area contributed by atoms with E-state index in [4.69, 9.17) is 0 Å². The molecule has 0 unspecified atom stereocenters. The molecule has 5 nitrogen and oxygen atoms in total. The molecule has 3 rings (SSSR count). The molecule has 0 radical (unpaired) electrons. The second kappa shape index (κ2) is 3.59. The van der Waals surface area contributed by atoms with Gasteiger partial charge in [-0.05, 0) is 18.9 Å². The van der Waals surface area contributed by atoms with E-state index in [0.29, 0.717) is 12.0 Å². The van der Waals surface area contributed by atoms with Gasteiger partial charge in [-0.1, -0.05) is 0 Å². The number of hydrogen-bond donors (Lipinski definition) is 1. The Morgan fingerprint density at radius 1 is 1.44 bits per heavy atom. The standard InChI is InChI=1S/C11H13N5/c1-16-7-8(6-13-16)10-4-5-12-11(15-10)14-9-2-3-9/h4-7,9H,2-3H2,1H3,(H,12,14,15). The molecule has 5 heteroatoms. The summed E-state index contributed by atoms with van der Waals surface area (Å²) in [7, 11) is 1.90. The zero-order valence-corrected chi connectivity index (χ0v) is 9.09. The maximum atomic E-state index is 4.46. The van der Waals surface area contributed by atoms with Crippen molar-refractivity contribution in [3.63, 3.8) is 0 Å². The van der Waals surface area contributed by atoms with Gasteiger partial charge in [-0.15, -0.1) is 0 Å². The summed E-state index contributed by atoms with van der Waals surface area (Å²) in [6, 6.07) is 2.47. The van der Waals surface area contributed by atoms with Crippen molar-refractivity contribution in [2.75, 3.05) is 5.32 Å². The largest absolute Gasteiger partial charge is 0.351 e. The van der Waals surface area contributed by atoms with Crippen molar-refractivity contribution in [3.05, 3.63) is 24.7 Å². The third kappa shape index (κ3) is 1.88. The van der Waals surface area contributed by atoms with Gasteiger partial charge in [0.2, 0.25) is 5.95 Å². The molecule has 2 aromatic heterocycles. The van der Waals surface area contributed by atoms with E-state index < -0.39 is 0 Å². The maximum absolute atomic E-state index is 4.46. The molecule has 2 heterocycles. The first-order chi connectivity index (χ1) is 7.81. The van der Waals surface area contributed by atoms with Crippen LogP contribution in [0.3, 0.4) is 0 Å². The summed E-state index contributed by atoms with van der Waals surface area (Å²) in [5.41, 5.74) is 1.93. The number of rotatable bonds is 3. The van der Waals surface area contributed by atoms with E-state index in [2.05, 4.69) is 20.4 Å². The molecule has 0 atom stereocenters. The third-order valence-electron chi connectivity index (χ3n) is 2.57. The van der Waals surface area contributed by atoms with Crippen molar-refractivity contribution in [1.29, 1.82) is 0 Å². The smallest absolute Gasteiger partial charge is 0.223 e. The Morgan fingerprint density at radius 3 is 3.00 bits per heavy atom. The van der Waals surface area contributed by atoms with Gasteiger partial charge < -0.3 is 5.32 Å². The second-order valence-electron chi connectivity index (χ2n) is 4.09. The van der Waals surface area contributed by atoms with Crippen molar-refractivity contribution >= 4 is 5.95 Å². The number of nitrogens with one attached hydrogen (secondary N) is 1. The fourth-order valence-electron chi connectivity index (χ4n) is 1.55. The Bertz CT molecular complexity index is 501. The number of hydrogen-bond acceptors (Lipinski definition) is 4. The molecule has 0 bridgehead atoms. The van der Waals surface area contributed by atoms with Crippen LogP contribution in [-0.2, 0) is 7.05 Å². The van der Waals surface area contributed by atoms with Gasteiger partial charge in [0.15, 0.2) is 0 Å². The van der Waals surface area contributed by atoms with Crippen LogP contribution in [-0.4, -0.2) is 25.8 Å². The van der Waals surface area contributed by atoms with Crippen LogP contribution in [0.15, 0.2) is 24.7 Å². The predicted molar refractivity (Wildman–Crippen MR) is 60.9 cm³/mol. The predicted octanol–water partition coefficient (Wildman–Crippen LogP) is 1.45. The van der Waals surface area contributed by atoms with Crippen LogP contribution in [0.1, 0.15) is 12.8 Å². The summed E-state index contributed by atoms with van der Waals surface area (Å²) < 4.78 is 1.77. The molecule has 1 fully saturated rings. The molecule has 2 aromatic rings. The van der Waals surface area contributed by atoms with Crippen molar-refractivity contribution in [1.82, 2.24) is 19.7 Å². The van der Waals surface area contributed by atoms with Crippen LogP contribution in [0.4, 0.5) is 5.95 Å². The molecule has 1 saturated carbocycles. The lowest BCUT2D eigenvalue weighted by Crippen LogP contribution is -2.05. The first-order valence-corrected chi connectivity index (χ1v) is 5.40. The summed E-state index contributed by atoms with van der Waals surface area (Å²) >= 11 is 0. The Kier molecular flexibility index (Phi) is 2.09. The maximum Gasteiger partial charge on any atom is 0.223 e. The van der Waals surface area contributed by atoms with E-state index in [1.807, 2.05) is 25.5 Å². The minimum absolute atomic E-state index is 0.573. The zero-order chi connectivity index (χ0) is 11.0. The van der Waals surface area contributed by atoms with Crippen molar-refractivity contribution in [2.45, 2.75) is 18.9 Å². The fourth-order valence-corrected chi connectivity index (χ4v) is 1.55. The van der Waals surface area contributed by atoms with Crippen LogP contribution in [0.5, 0.6) is 0 Å². The Morgan fingerprint density at radius 2 is 2.31 bits per heavy atom. The highest BCUT2D eigenvalue weighted by atomic mass is 15.2. The Hall–Kier alpha value is -1.91. The normalized spacial score (nSPS) is 15.1. The van der Waals surface area contributed by atoms with Crippen LogP contribution >= 0.6 is 0 Å². The highest BCUT2D eigenvalue weighted by molar-refractivity contribution is 5.57. The average molecular weight is 215 g/mol. The molecule has 1 N–H and O–H groups in total. The SMILES string of the molecule is Cn1cc(-c2ccnc(NC3CC3)n2)cn1. The topological polar surface area (TPSA) is 55.6 Å². The van der Waals surface area contributed by atoms with Gasteiger partial charge in [-0.2, -0.15) is 5.10 Å². The molecule has 1 aliphatic carbocycles. The van der Waals surface area contributed by atoms with Crippen LogP contribution in [0, 0.1) is 0 Å². The van der Waals surface area contributed by atoms with Crippen LogP contribution in [0.2, 0.25) is 0 Å². The molecular formula is C11H13N5. The molecule has 16 heavy (non-hydrogen) atoms. The van der Waals surface area contributed by atoms with Gasteiger partial charge in [0.05, 0.1) is 11.9 Å². The highest BCUT2D eigenvalue weighted by Crippen LogP contribution is 2.24. The van der Waals surface area contributed by atoms with Gasteiger partial charge in [-0.3, -0.25) is 4.68 Å². The van der Waals surface area contributed by atoms with Gasteiger partial charge in [0.1, 0.15) is 0 Å². The lowest BCUT2D eigenvalue weighted by molar-refractivity contribution is 0.768. The molecule has 0 spiro atoms. The summed E-state index contributed by atoms with van der Waals surface area (Å²) in [5.74, 6) is 0.712. The minimum Gasteiger partial charge on any atom is -0.351 e. The van der Waals surface area contributed by atoms with Crippen molar-refractivity contribution in [2.24, 2.45) is 7.05 Å². The summed E-state index contributed by atoms with van der Waals surface area (Å²) in [6.07, 6.45) is 7.98. The van der Waals surface area contributed by atoms with Crippen LogP contribution < -0.4 is 5.32 Å². The van der Waals surface area contributed by atoms with E-state index in [9.17, 15) is 0 Å². The van der Waals surface area contributed by atoms with E-state index >= 15 is 0 Å². The summed E-state index contributed by atoms with van der Waals surface area (Å²) in [6.45, 7) is 0. The second-order valence-corrected chi connectivity index (χ2v) is 4.09. The number of nitrogens with zero attached hydrogens (tertiary/aromatic N) is 4. The van der Waals surface area contributed by atoms with Gasteiger partial charge in [0.25, 0.3) is 0 Å². The molecule has 0 aliphatic heterocycles. The van der Waals surface area contributed by atoms with Gasteiger partial charge in [0, 0.05) is 31.0 Å². The minimum atomic E-state index is 0.573.